The van der Waals surface area contributed by atoms with Crippen LogP contribution in [-0.2, 0) is 23.1 Å². The van der Waals surface area contributed by atoms with Crippen LogP contribution in [0.15, 0.2) is 23.2 Å². The largest absolute Gasteiger partial charge is 0.469 e. The number of epoxide rings is 1. The molecule has 0 aromatic heterocycles. The number of hydrogen-bond acceptors (Lipinski definition) is 5. The maximum absolute atomic E-state index is 12.3. The zero-order valence-corrected chi connectivity index (χ0v) is 27.5. The minimum Gasteiger partial charge on any atom is -0.469 e. The fourth-order valence-corrected chi connectivity index (χ4v) is 8.82. The van der Waals surface area contributed by atoms with Crippen molar-refractivity contribution in [3.63, 3.8) is 0 Å². The monoisotopic (exact) mass is 590 g/mol. The smallest absolute Gasteiger partial charge is 0.308 e. The highest BCUT2D eigenvalue weighted by Gasteiger charge is 2.50. The molecule has 0 aromatic carbocycles. The topological polar surface area (TPSA) is 57.3 Å². The Kier molecular flexibility index (Phi) is 12.7. The van der Waals surface area contributed by atoms with Gasteiger partial charge in [-0.25, -0.2) is 0 Å². The molecule has 35 heavy (non-hydrogen) atoms. The number of halogens is 1. The van der Waals surface area contributed by atoms with E-state index in [1.54, 1.807) is 0 Å². The first-order valence-corrected chi connectivity index (χ1v) is 19.4. The molecule has 0 bridgehead atoms. The van der Waals surface area contributed by atoms with Gasteiger partial charge in [0.15, 0.2) is 16.6 Å². The molecule has 0 saturated carbocycles. The van der Waals surface area contributed by atoms with Gasteiger partial charge in [-0.1, -0.05) is 83.1 Å². The second kappa shape index (κ2) is 13.5. The Bertz CT molecular complexity index is 721. The van der Waals surface area contributed by atoms with Crippen molar-refractivity contribution in [1.29, 1.82) is 0 Å². The lowest BCUT2D eigenvalue weighted by molar-refractivity contribution is -0.143. The maximum Gasteiger partial charge on any atom is 0.308 e. The molecule has 1 aliphatic heterocycles. The molecular formula is C27H51BrO5Si2. The number of carbonyl (C=O) groups is 1. The van der Waals surface area contributed by atoms with E-state index in [2.05, 4.69) is 90.6 Å². The summed E-state index contributed by atoms with van der Waals surface area (Å²) in [4.78, 5) is 12.3. The van der Waals surface area contributed by atoms with E-state index in [1.807, 2.05) is 0 Å². The Balaban J connectivity index is 3.14. The van der Waals surface area contributed by atoms with Crippen LogP contribution < -0.4 is 0 Å². The van der Waals surface area contributed by atoms with Gasteiger partial charge in [0.2, 0.25) is 0 Å². The molecule has 5 atom stereocenters. The molecule has 0 aromatic rings. The Hall–Kier alpha value is -0.256. The van der Waals surface area contributed by atoms with Crippen molar-refractivity contribution >= 4 is 38.5 Å². The molecule has 1 aliphatic rings. The standard InChI is InChI=1S/C27H51BrO5Si2/c1-13-35(14-2,15-3)33-22(18-25(29)30-10)21(6)19(4)16-24(26-23(31-26)17-20(5)28)32-34(11,12)27(7,8)9/h21-24,26H,4-5,13-18H2,1-3,6-12H3/t21-,22-,23-,24+,26-/m1/s1. The van der Waals surface area contributed by atoms with E-state index in [1.165, 1.54) is 7.11 Å². The van der Waals surface area contributed by atoms with Gasteiger partial charge in [-0.15, -0.1) is 0 Å². The van der Waals surface area contributed by atoms with Crippen molar-refractivity contribution in [2.24, 2.45) is 5.92 Å². The van der Waals surface area contributed by atoms with E-state index in [0.717, 1.165) is 34.6 Å². The summed E-state index contributed by atoms with van der Waals surface area (Å²) in [7, 11) is -2.52. The van der Waals surface area contributed by atoms with Gasteiger partial charge in [0, 0.05) is 12.3 Å². The van der Waals surface area contributed by atoms with Crippen LogP contribution in [0, 0.1) is 5.92 Å². The van der Waals surface area contributed by atoms with Crippen LogP contribution in [0.3, 0.4) is 0 Å². The van der Waals surface area contributed by atoms with E-state index in [9.17, 15) is 4.79 Å². The first-order chi connectivity index (χ1) is 16.1. The average molecular weight is 592 g/mol. The van der Waals surface area contributed by atoms with Gasteiger partial charge >= 0.3 is 5.97 Å². The number of rotatable bonds is 16. The van der Waals surface area contributed by atoms with Gasteiger partial charge in [-0.3, -0.25) is 4.79 Å². The van der Waals surface area contributed by atoms with E-state index in [4.69, 9.17) is 18.3 Å². The SMILES string of the molecule is C=C(Br)C[C@H]1O[C@H]1[C@H](CC(=C)[C@@H](C)[C@@H](CC(=O)OC)O[Si](CC)(CC)CC)O[Si](C)(C)C(C)(C)C. The number of ether oxygens (including phenoxy) is 2. The average Bonchev–Trinajstić information content (AvgIpc) is 3.53. The second-order valence-corrected chi connectivity index (χ2v) is 22.2. The summed E-state index contributed by atoms with van der Waals surface area (Å²) in [5.41, 5.74) is 1.04. The Labute approximate surface area is 225 Å². The maximum atomic E-state index is 12.3. The second-order valence-electron chi connectivity index (χ2n) is 11.6. The molecule has 204 valence electrons. The lowest BCUT2D eigenvalue weighted by Crippen LogP contribution is -2.46. The lowest BCUT2D eigenvalue weighted by atomic mass is 9.89. The summed E-state index contributed by atoms with van der Waals surface area (Å²) in [6, 6.07) is 3.09. The molecule has 0 radical (unpaired) electrons. The van der Waals surface area contributed by atoms with Crippen LogP contribution in [0.25, 0.3) is 0 Å². The summed E-state index contributed by atoms with van der Waals surface area (Å²) in [6.07, 6.45) is 1.52. The van der Waals surface area contributed by atoms with Gasteiger partial charge in [0.1, 0.15) is 6.10 Å². The molecule has 8 heteroatoms. The van der Waals surface area contributed by atoms with Crippen LogP contribution in [-0.4, -0.2) is 54.1 Å². The summed E-state index contributed by atoms with van der Waals surface area (Å²) >= 11 is 3.48. The summed E-state index contributed by atoms with van der Waals surface area (Å²) in [6.45, 7) is 28.5. The molecule has 1 heterocycles. The highest BCUT2D eigenvalue weighted by molar-refractivity contribution is 9.11. The predicted molar refractivity (Wildman–Crippen MR) is 155 cm³/mol. The fraction of sp³-hybridized carbons (Fsp3) is 0.815. The molecule has 1 saturated heterocycles. The molecule has 1 fully saturated rings. The minimum absolute atomic E-state index is 0.000480. The van der Waals surface area contributed by atoms with Crippen LogP contribution in [0.1, 0.15) is 67.7 Å². The van der Waals surface area contributed by atoms with Gasteiger partial charge in [-0.05, 0) is 47.2 Å². The number of methoxy groups -OCH3 is 1. The molecule has 5 nitrogen and oxygen atoms in total. The Morgan fingerprint density at radius 3 is 2.03 bits per heavy atom. The molecule has 0 aliphatic carbocycles. The number of hydrogen-bond donors (Lipinski definition) is 0. The molecule has 0 amide bonds. The van der Waals surface area contributed by atoms with Crippen molar-refractivity contribution in [3.05, 3.63) is 23.2 Å². The van der Waals surface area contributed by atoms with Crippen molar-refractivity contribution in [3.8, 4) is 0 Å². The van der Waals surface area contributed by atoms with Crippen LogP contribution in [0.5, 0.6) is 0 Å². The number of esters is 1. The minimum atomic E-state index is -2.03. The fourth-order valence-electron chi connectivity index (χ4n) is 4.24. The van der Waals surface area contributed by atoms with Crippen molar-refractivity contribution in [1.82, 2.24) is 0 Å². The third-order valence-electron chi connectivity index (χ3n) is 8.26. The van der Waals surface area contributed by atoms with Crippen molar-refractivity contribution in [2.75, 3.05) is 7.11 Å². The summed E-state index contributed by atoms with van der Waals surface area (Å²) < 4.78 is 25.7. The predicted octanol–water partition coefficient (Wildman–Crippen LogP) is 7.98. The van der Waals surface area contributed by atoms with E-state index in [-0.39, 0.29) is 47.8 Å². The zero-order valence-electron chi connectivity index (χ0n) is 24.0. The van der Waals surface area contributed by atoms with Gasteiger partial charge in [0.25, 0.3) is 0 Å². The van der Waals surface area contributed by atoms with Gasteiger partial charge in [0.05, 0.1) is 31.8 Å². The summed E-state index contributed by atoms with van der Waals surface area (Å²) in [5.74, 6) is -0.240. The lowest BCUT2D eigenvalue weighted by Gasteiger charge is -2.40. The molecular weight excluding hydrogens is 540 g/mol. The highest BCUT2D eigenvalue weighted by Crippen LogP contribution is 2.43. The normalized spacial score (nSPS) is 21.2. The van der Waals surface area contributed by atoms with E-state index < -0.39 is 16.6 Å². The quantitative estimate of drug-likeness (QED) is 0.0788. The zero-order chi connectivity index (χ0) is 27.2. The Morgan fingerprint density at radius 2 is 1.60 bits per heavy atom. The highest BCUT2D eigenvalue weighted by atomic mass is 79.9. The van der Waals surface area contributed by atoms with Crippen LogP contribution >= 0.6 is 15.9 Å². The van der Waals surface area contributed by atoms with Crippen LogP contribution in [0.4, 0.5) is 0 Å². The van der Waals surface area contributed by atoms with Crippen molar-refractivity contribution in [2.45, 2.75) is 128 Å². The summed E-state index contributed by atoms with van der Waals surface area (Å²) in [5, 5.41) is 0.0900. The molecule has 0 spiro atoms. The Morgan fingerprint density at radius 1 is 1.06 bits per heavy atom. The van der Waals surface area contributed by atoms with Crippen molar-refractivity contribution < 1.29 is 23.1 Å². The molecule has 0 N–H and O–H groups in total. The first-order valence-electron chi connectivity index (χ1n) is 13.1. The third-order valence-corrected chi connectivity index (χ3v) is 17.8. The van der Waals surface area contributed by atoms with Gasteiger partial charge < -0.3 is 18.3 Å². The van der Waals surface area contributed by atoms with Crippen LogP contribution in [0.2, 0.25) is 36.3 Å². The first kappa shape index (κ1) is 32.8. The van der Waals surface area contributed by atoms with E-state index in [0.29, 0.717) is 6.42 Å². The number of carbonyl (C=O) groups excluding carboxylic acids is 1. The molecule has 0 unspecified atom stereocenters. The van der Waals surface area contributed by atoms with E-state index >= 15 is 0 Å². The molecule has 1 rings (SSSR count). The van der Waals surface area contributed by atoms with Gasteiger partial charge in [-0.2, -0.15) is 0 Å². The third kappa shape index (κ3) is 9.53.